The van der Waals surface area contributed by atoms with E-state index in [9.17, 15) is 9.59 Å². The fourth-order valence-corrected chi connectivity index (χ4v) is 2.45. The van der Waals surface area contributed by atoms with Crippen LogP contribution in [0.2, 0.25) is 0 Å². The summed E-state index contributed by atoms with van der Waals surface area (Å²) in [5, 5.41) is 0. The van der Waals surface area contributed by atoms with E-state index >= 15 is 0 Å². The average Bonchev–Trinajstić information content (AvgIpc) is 2.77. The number of fused-ring (bicyclic) bond motifs is 1. The van der Waals surface area contributed by atoms with Crippen molar-refractivity contribution in [3.05, 3.63) is 35.4 Å². The van der Waals surface area contributed by atoms with E-state index in [2.05, 4.69) is 0 Å². The summed E-state index contributed by atoms with van der Waals surface area (Å²) in [7, 11) is 4.44. The van der Waals surface area contributed by atoms with Gasteiger partial charge in [-0.2, -0.15) is 0 Å². The maximum Gasteiger partial charge on any atom is 0.282 e. The van der Waals surface area contributed by atoms with E-state index in [0.717, 1.165) is 0 Å². The third kappa shape index (κ3) is 2.83. The first kappa shape index (κ1) is 15.6. The molecule has 1 aromatic rings. The molecule has 0 saturated heterocycles. The highest BCUT2D eigenvalue weighted by Crippen LogP contribution is 2.24. The van der Waals surface area contributed by atoms with Gasteiger partial charge in [0.25, 0.3) is 17.8 Å². The molecule has 1 aliphatic rings. The Labute approximate surface area is 123 Å². The molecule has 0 fully saturated rings. The van der Waals surface area contributed by atoms with Gasteiger partial charge in [0.2, 0.25) is 0 Å². The minimum absolute atomic E-state index is 0.256. The second-order valence-corrected chi connectivity index (χ2v) is 4.71. The number of carbonyl (C=O) groups is 2. The van der Waals surface area contributed by atoms with Gasteiger partial charge in [0.1, 0.15) is 0 Å². The van der Waals surface area contributed by atoms with E-state index in [1.54, 1.807) is 24.3 Å². The van der Waals surface area contributed by atoms with Crippen molar-refractivity contribution >= 4 is 11.8 Å². The SMILES string of the molecule is COC(CCCN1C(=O)c2ccccc2C1=O)(OC)OC. The van der Waals surface area contributed by atoms with Crippen LogP contribution in [-0.2, 0) is 14.2 Å². The van der Waals surface area contributed by atoms with E-state index < -0.39 is 5.97 Å². The summed E-state index contributed by atoms with van der Waals surface area (Å²) < 4.78 is 15.6. The zero-order chi connectivity index (χ0) is 15.5. The first-order valence-corrected chi connectivity index (χ1v) is 6.69. The van der Waals surface area contributed by atoms with Gasteiger partial charge in [-0.05, 0) is 18.6 Å². The minimum atomic E-state index is -1.14. The summed E-state index contributed by atoms with van der Waals surface area (Å²) in [5.41, 5.74) is 0.915. The third-order valence-electron chi connectivity index (χ3n) is 3.68. The molecule has 21 heavy (non-hydrogen) atoms. The lowest BCUT2D eigenvalue weighted by molar-refractivity contribution is -0.355. The Kier molecular flexibility index (Phi) is 4.72. The van der Waals surface area contributed by atoms with E-state index in [1.807, 2.05) is 0 Å². The van der Waals surface area contributed by atoms with Crippen LogP contribution >= 0.6 is 0 Å². The Morgan fingerprint density at radius 2 is 1.43 bits per heavy atom. The summed E-state index contributed by atoms with van der Waals surface area (Å²) in [6, 6.07) is 6.83. The Morgan fingerprint density at radius 1 is 0.952 bits per heavy atom. The molecule has 0 unspecified atom stereocenters. The largest absolute Gasteiger partial charge is 0.331 e. The topological polar surface area (TPSA) is 65.1 Å². The zero-order valence-corrected chi connectivity index (χ0v) is 12.4. The van der Waals surface area contributed by atoms with E-state index in [4.69, 9.17) is 14.2 Å². The van der Waals surface area contributed by atoms with Crippen molar-refractivity contribution in [2.24, 2.45) is 0 Å². The number of rotatable bonds is 7. The first-order valence-electron chi connectivity index (χ1n) is 6.69. The molecule has 0 aliphatic carbocycles. The Hall–Kier alpha value is -1.76. The average molecular weight is 293 g/mol. The number of methoxy groups -OCH3 is 3. The number of imide groups is 1. The highest BCUT2D eigenvalue weighted by atomic mass is 16.9. The predicted molar refractivity (Wildman–Crippen MR) is 74.8 cm³/mol. The van der Waals surface area contributed by atoms with Gasteiger partial charge in [0.15, 0.2) is 0 Å². The third-order valence-corrected chi connectivity index (χ3v) is 3.68. The van der Waals surface area contributed by atoms with Gasteiger partial charge >= 0.3 is 0 Å². The maximum absolute atomic E-state index is 12.2. The maximum atomic E-state index is 12.2. The van der Waals surface area contributed by atoms with Gasteiger partial charge in [-0.1, -0.05) is 12.1 Å². The van der Waals surface area contributed by atoms with Crippen LogP contribution in [0.5, 0.6) is 0 Å². The molecule has 0 aromatic heterocycles. The zero-order valence-electron chi connectivity index (χ0n) is 12.4. The van der Waals surface area contributed by atoms with Crippen LogP contribution in [-0.4, -0.2) is 50.6 Å². The normalized spacial score (nSPS) is 14.7. The van der Waals surface area contributed by atoms with E-state index in [0.29, 0.717) is 30.5 Å². The van der Waals surface area contributed by atoms with Gasteiger partial charge in [0.05, 0.1) is 11.1 Å². The highest BCUT2D eigenvalue weighted by molar-refractivity contribution is 6.21. The quantitative estimate of drug-likeness (QED) is 0.565. The Morgan fingerprint density at radius 3 is 1.86 bits per heavy atom. The van der Waals surface area contributed by atoms with Crippen molar-refractivity contribution in [3.63, 3.8) is 0 Å². The molecule has 2 amide bonds. The Bertz CT molecular complexity index is 495. The summed E-state index contributed by atoms with van der Waals surface area (Å²) in [4.78, 5) is 25.6. The highest BCUT2D eigenvalue weighted by Gasteiger charge is 2.36. The van der Waals surface area contributed by atoms with Crippen molar-refractivity contribution in [2.75, 3.05) is 27.9 Å². The van der Waals surface area contributed by atoms with Gasteiger partial charge in [0, 0.05) is 34.3 Å². The van der Waals surface area contributed by atoms with Crippen LogP contribution < -0.4 is 0 Å². The second kappa shape index (κ2) is 6.34. The van der Waals surface area contributed by atoms with Crippen LogP contribution in [0.15, 0.2) is 24.3 Å². The lowest BCUT2D eigenvalue weighted by Gasteiger charge is -2.29. The van der Waals surface area contributed by atoms with Crippen LogP contribution in [0.4, 0.5) is 0 Å². The molecule has 1 heterocycles. The van der Waals surface area contributed by atoms with Gasteiger partial charge in [-0.3, -0.25) is 14.5 Å². The molecule has 6 heteroatoms. The molecule has 0 N–H and O–H groups in total. The summed E-state index contributed by atoms with van der Waals surface area (Å²) in [6.07, 6.45) is 0.922. The van der Waals surface area contributed by atoms with E-state index in [1.165, 1.54) is 26.2 Å². The van der Waals surface area contributed by atoms with Crippen molar-refractivity contribution in [1.82, 2.24) is 4.90 Å². The van der Waals surface area contributed by atoms with Crippen molar-refractivity contribution in [3.8, 4) is 0 Å². The number of benzene rings is 1. The molecule has 0 atom stereocenters. The van der Waals surface area contributed by atoms with Crippen LogP contribution in [0, 0.1) is 0 Å². The van der Waals surface area contributed by atoms with Crippen LogP contribution in [0.1, 0.15) is 33.6 Å². The standard InChI is InChI=1S/C15H19NO5/c1-19-15(20-2,21-3)9-6-10-16-13(17)11-7-4-5-8-12(11)14(16)18/h4-5,7-8H,6,9-10H2,1-3H3. The number of hydrogen-bond donors (Lipinski definition) is 0. The fraction of sp³-hybridized carbons (Fsp3) is 0.467. The molecule has 1 aliphatic heterocycles. The predicted octanol–water partition coefficient (Wildman–Crippen LogP) is 1.66. The van der Waals surface area contributed by atoms with Crippen LogP contribution in [0.25, 0.3) is 0 Å². The molecule has 1 aromatic carbocycles. The fourth-order valence-electron chi connectivity index (χ4n) is 2.45. The van der Waals surface area contributed by atoms with Gasteiger partial charge < -0.3 is 14.2 Å². The smallest absolute Gasteiger partial charge is 0.282 e. The molecule has 0 radical (unpaired) electrons. The molecular weight excluding hydrogens is 274 g/mol. The molecule has 2 rings (SSSR count). The summed E-state index contributed by atoms with van der Waals surface area (Å²) in [5.74, 6) is -1.65. The van der Waals surface area contributed by atoms with Crippen molar-refractivity contribution < 1.29 is 23.8 Å². The lowest BCUT2D eigenvalue weighted by atomic mass is 10.1. The molecule has 6 nitrogen and oxygen atoms in total. The van der Waals surface area contributed by atoms with Gasteiger partial charge in [-0.15, -0.1) is 0 Å². The number of amides is 2. The summed E-state index contributed by atoms with van der Waals surface area (Å²) in [6.45, 7) is 0.296. The molecular formula is C15H19NO5. The molecule has 0 saturated carbocycles. The molecule has 114 valence electrons. The van der Waals surface area contributed by atoms with Gasteiger partial charge in [-0.25, -0.2) is 0 Å². The monoisotopic (exact) mass is 293 g/mol. The second-order valence-electron chi connectivity index (χ2n) is 4.71. The molecule has 0 spiro atoms. The number of carbonyl (C=O) groups excluding carboxylic acids is 2. The first-order chi connectivity index (χ1) is 10.1. The number of ether oxygens (including phenoxy) is 3. The summed E-state index contributed by atoms with van der Waals surface area (Å²) >= 11 is 0. The van der Waals surface area contributed by atoms with Crippen molar-refractivity contribution in [1.29, 1.82) is 0 Å². The lowest BCUT2D eigenvalue weighted by Crippen LogP contribution is -2.38. The minimum Gasteiger partial charge on any atom is -0.331 e. The number of nitrogens with zero attached hydrogens (tertiary/aromatic N) is 1. The number of hydrogen-bond acceptors (Lipinski definition) is 5. The Balaban J connectivity index is 2.00. The molecule has 0 bridgehead atoms. The van der Waals surface area contributed by atoms with Crippen LogP contribution in [0.3, 0.4) is 0 Å². The van der Waals surface area contributed by atoms with E-state index in [-0.39, 0.29) is 11.8 Å². The van der Waals surface area contributed by atoms with Crippen molar-refractivity contribution in [2.45, 2.75) is 18.8 Å².